The number of nitrogens with two attached hydrogens (primary N) is 1. The predicted molar refractivity (Wildman–Crippen MR) is 64.0 cm³/mol. The van der Waals surface area contributed by atoms with Crippen molar-refractivity contribution in [2.24, 2.45) is 0 Å². The van der Waals surface area contributed by atoms with E-state index in [1.54, 1.807) is 22.6 Å². The Bertz CT molecular complexity index is 574. The number of rotatable bonds is 3. The first kappa shape index (κ1) is 11.4. The Morgan fingerprint density at radius 2 is 2.24 bits per heavy atom. The van der Waals surface area contributed by atoms with Crippen LogP contribution in [0.4, 0.5) is 5.82 Å². The molecule has 0 fully saturated rings. The molecule has 0 aliphatic rings. The lowest BCUT2D eigenvalue weighted by molar-refractivity contribution is 0.0693. The van der Waals surface area contributed by atoms with Crippen LogP contribution < -0.4 is 5.73 Å². The van der Waals surface area contributed by atoms with Crippen LogP contribution in [0.1, 0.15) is 16.3 Å². The van der Waals surface area contributed by atoms with Gasteiger partial charge < -0.3 is 15.7 Å². The zero-order chi connectivity index (χ0) is 12.6. The number of carboxylic acids is 1. The van der Waals surface area contributed by atoms with Crippen molar-refractivity contribution < 1.29 is 9.90 Å². The summed E-state index contributed by atoms with van der Waals surface area (Å²) < 4.78 is 1.67. The zero-order valence-corrected chi connectivity index (χ0v) is 9.71. The number of fused-ring (bicyclic) bond motifs is 1. The van der Waals surface area contributed by atoms with Gasteiger partial charge in [-0.2, -0.15) is 0 Å². The molecule has 2 rings (SSSR count). The molecule has 0 aromatic carbocycles. The van der Waals surface area contributed by atoms with E-state index >= 15 is 0 Å². The third-order valence-corrected chi connectivity index (χ3v) is 2.42. The van der Waals surface area contributed by atoms with Crippen molar-refractivity contribution in [3.05, 3.63) is 29.7 Å². The van der Waals surface area contributed by atoms with Crippen molar-refractivity contribution in [3.63, 3.8) is 0 Å². The average molecular weight is 234 g/mol. The van der Waals surface area contributed by atoms with Gasteiger partial charge in [-0.05, 0) is 26.2 Å². The molecule has 17 heavy (non-hydrogen) atoms. The highest BCUT2D eigenvalue weighted by atomic mass is 16.4. The minimum absolute atomic E-state index is 0.0363. The van der Waals surface area contributed by atoms with E-state index in [0.717, 1.165) is 0 Å². The van der Waals surface area contributed by atoms with Crippen LogP contribution in [0.5, 0.6) is 0 Å². The van der Waals surface area contributed by atoms with E-state index < -0.39 is 5.97 Å². The number of pyridine rings is 1. The normalized spacial score (nSPS) is 11.2. The smallest absolute Gasteiger partial charge is 0.356 e. The number of aromatic carboxylic acids is 1. The van der Waals surface area contributed by atoms with Gasteiger partial charge in [0.15, 0.2) is 5.69 Å². The Morgan fingerprint density at radius 3 is 2.82 bits per heavy atom. The zero-order valence-electron chi connectivity index (χ0n) is 9.71. The lowest BCUT2D eigenvalue weighted by atomic mass is 10.3. The molecule has 0 radical (unpaired) electrons. The molecule has 6 nitrogen and oxygen atoms in total. The van der Waals surface area contributed by atoms with Gasteiger partial charge in [0.25, 0.3) is 0 Å². The molecule has 0 amide bonds. The highest BCUT2D eigenvalue weighted by Gasteiger charge is 2.17. The Labute approximate surface area is 98.3 Å². The van der Waals surface area contributed by atoms with E-state index in [0.29, 0.717) is 23.7 Å². The fraction of sp³-hybridized carbons (Fsp3) is 0.273. The largest absolute Gasteiger partial charge is 0.476 e. The quantitative estimate of drug-likeness (QED) is 0.815. The standard InChI is InChI=1S/C11H14N4O2/c1-14(2)6-9-13-10(11(16)17)7-4-3-5-8(12)15(7)9/h3-5H,6,12H2,1-2H3,(H,16,17). The van der Waals surface area contributed by atoms with E-state index in [9.17, 15) is 4.79 Å². The van der Waals surface area contributed by atoms with E-state index in [1.807, 2.05) is 19.0 Å². The number of hydrogen-bond acceptors (Lipinski definition) is 4. The molecule has 0 spiro atoms. The van der Waals surface area contributed by atoms with Gasteiger partial charge in [0.2, 0.25) is 0 Å². The summed E-state index contributed by atoms with van der Waals surface area (Å²) in [5.74, 6) is 0.0676. The molecular weight excluding hydrogens is 220 g/mol. The molecule has 2 aromatic heterocycles. The maximum Gasteiger partial charge on any atom is 0.356 e. The van der Waals surface area contributed by atoms with Crippen LogP contribution in [0.2, 0.25) is 0 Å². The van der Waals surface area contributed by atoms with Crippen LogP contribution in [0, 0.1) is 0 Å². The summed E-state index contributed by atoms with van der Waals surface area (Å²) in [6, 6.07) is 5.14. The van der Waals surface area contributed by atoms with Crippen LogP contribution >= 0.6 is 0 Å². The third-order valence-electron chi connectivity index (χ3n) is 2.42. The van der Waals surface area contributed by atoms with E-state index in [2.05, 4.69) is 4.98 Å². The molecule has 6 heteroatoms. The van der Waals surface area contributed by atoms with Crippen LogP contribution in [0.15, 0.2) is 18.2 Å². The Hall–Kier alpha value is -2.08. The summed E-state index contributed by atoms with van der Waals surface area (Å²) in [5.41, 5.74) is 6.42. The highest BCUT2D eigenvalue weighted by molar-refractivity contribution is 5.94. The molecule has 2 heterocycles. The molecule has 0 aliphatic heterocycles. The first-order valence-electron chi connectivity index (χ1n) is 5.14. The number of nitrogen functional groups attached to an aromatic ring is 1. The van der Waals surface area contributed by atoms with Crippen molar-refractivity contribution in [1.29, 1.82) is 0 Å². The minimum atomic E-state index is -1.04. The van der Waals surface area contributed by atoms with Gasteiger partial charge in [0.05, 0.1) is 12.1 Å². The summed E-state index contributed by atoms with van der Waals surface area (Å²) in [5, 5.41) is 9.09. The monoisotopic (exact) mass is 234 g/mol. The Balaban J connectivity index is 2.71. The lowest BCUT2D eigenvalue weighted by Gasteiger charge is -2.09. The summed E-state index contributed by atoms with van der Waals surface area (Å²) >= 11 is 0. The van der Waals surface area contributed by atoms with Gasteiger partial charge in [-0.1, -0.05) is 6.07 Å². The lowest BCUT2D eigenvalue weighted by Crippen LogP contribution is -2.14. The van der Waals surface area contributed by atoms with Gasteiger partial charge >= 0.3 is 5.97 Å². The SMILES string of the molecule is CN(C)Cc1nc(C(=O)O)c2cccc(N)n12. The second kappa shape index (κ2) is 4.06. The number of nitrogens with zero attached hydrogens (tertiary/aromatic N) is 3. The molecule has 0 saturated heterocycles. The summed E-state index contributed by atoms with van der Waals surface area (Å²) in [6.07, 6.45) is 0. The first-order valence-corrected chi connectivity index (χ1v) is 5.14. The van der Waals surface area contributed by atoms with Crippen LogP contribution in [0.25, 0.3) is 5.52 Å². The molecule has 0 bridgehead atoms. The number of imidazole rings is 1. The van der Waals surface area contributed by atoms with Crippen molar-refractivity contribution in [2.75, 3.05) is 19.8 Å². The molecule has 0 atom stereocenters. The predicted octanol–water partition coefficient (Wildman–Crippen LogP) is 0.676. The summed E-state index contributed by atoms with van der Waals surface area (Å²) in [6.45, 7) is 0.530. The van der Waals surface area contributed by atoms with Gasteiger partial charge in [-0.3, -0.25) is 4.40 Å². The highest BCUT2D eigenvalue weighted by Crippen LogP contribution is 2.18. The van der Waals surface area contributed by atoms with Crippen molar-refractivity contribution in [1.82, 2.24) is 14.3 Å². The minimum Gasteiger partial charge on any atom is -0.476 e. The number of carbonyl (C=O) groups is 1. The van der Waals surface area contributed by atoms with Gasteiger partial charge in [-0.25, -0.2) is 9.78 Å². The fourth-order valence-electron chi connectivity index (χ4n) is 1.78. The van der Waals surface area contributed by atoms with E-state index in [-0.39, 0.29) is 5.69 Å². The Kier molecular flexibility index (Phi) is 2.72. The second-order valence-electron chi connectivity index (χ2n) is 4.09. The summed E-state index contributed by atoms with van der Waals surface area (Å²) in [7, 11) is 3.78. The topological polar surface area (TPSA) is 83.9 Å². The second-order valence-corrected chi connectivity index (χ2v) is 4.09. The number of aromatic nitrogens is 2. The first-order chi connectivity index (χ1) is 8.00. The van der Waals surface area contributed by atoms with Crippen molar-refractivity contribution in [3.8, 4) is 0 Å². The molecule has 0 unspecified atom stereocenters. The summed E-state index contributed by atoms with van der Waals surface area (Å²) in [4.78, 5) is 17.1. The van der Waals surface area contributed by atoms with Crippen LogP contribution in [-0.2, 0) is 6.54 Å². The molecule has 3 N–H and O–H groups in total. The van der Waals surface area contributed by atoms with Gasteiger partial charge in [0, 0.05) is 0 Å². The van der Waals surface area contributed by atoms with E-state index in [1.165, 1.54) is 0 Å². The van der Waals surface area contributed by atoms with Crippen molar-refractivity contribution >= 4 is 17.3 Å². The third kappa shape index (κ3) is 1.94. The van der Waals surface area contributed by atoms with Gasteiger partial charge in [0.1, 0.15) is 11.6 Å². The number of anilines is 1. The molecule has 2 aromatic rings. The van der Waals surface area contributed by atoms with E-state index in [4.69, 9.17) is 10.8 Å². The number of hydrogen-bond donors (Lipinski definition) is 2. The average Bonchev–Trinajstić information content (AvgIpc) is 2.57. The molecule has 0 saturated carbocycles. The maximum atomic E-state index is 11.1. The molecule has 0 aliphatic carbocycles. The number of carboxylic acid groups (broad SMARTS) is 1. The van der Waals surface area contributed by atoms with Crippen LogP contribution in [-0.4, -0.2) is 39.5 Å². The molecular formula is C11H14N4O2. The van der Waals surface area contributed by atoms with Crippen LogP contribution in [0.3, 0.4) is 0 Å². The molecule has 90 valence electrons. The fourth-order valence-corrected chi connectivity index (χ4v) is 1.78. The Morgan fingerprint density at radius 1 is 1.53 bits per heavy atom. The van der Waals surface area contributed by atoms with Gasteiger partial charge in [-0.15, -0.1) is 0 Å². The maximum absolute atomic E-state index is 11.1. The van der Waals surface area contributed by atoms with Crippen molar-refractivity contribution in [2.45, 2.75) is 6.54 Å².